The fraction of sp³-hybridized carbons (Fsp3) is 0.500. The van der Waals surface area contributed by atoms with Crippen LogP contribution in [0.15, 0.2) is 18.2 Å². The van der Waals surface area contributed by atoms with Gasteiger partial charge in [-0.1, -0.05) is 25.2 Å². The summed E-state index contributed by atoms with van der Waals surface area (Å²) in [6.07, 6.45) is 2.74. The number of amides is 1. The van der Waals surface area contributed by atoms with E-state index >= 15 is 0 Å². The maximum Gasteiger partial charge on any atom is 0.253 e. The first kappa shape index (κ1) is 15.6. The maximum absolute atomic E-state index is 12.5. The minimum Gasteiger partial charge on any atom is -0.395 e. The topological polar surface area (TPSA) is 40.5 Å². The molecule has 1 heterocycles. The molecule has 3 heteroatoms. The van der Waals surface area contributed by atoms with Gasteiger partial charge in [0.15, 0.2) is 0 Å². The molecule has 0 radical (unpaired) electrons. The molecular formula is C18H23NO2. The lowest BCUT2D eigenvalue weighted by molar-refractivity contribution is 0.0787. The van der Waals surface area contributed by atoms with Crippen LogP contribution in [0.3, 0.4) is 0 Å². The van der Waals surface area contributed by atoms with E-state index in [2.05, 4.69) is 18.8 Å². The van der Waals surface area contributed by atoms with E-state index in [4.69, 9.17) is 5.11 Å². The first-order chi connectivity index (χ1) is 10.2. The maximum atomic E-state index is 12.5. The lowest BCUT2D eigenvalue weighted by Crippen LogP contribution is -2.28. The largest absolute Gasteiger partial charge is 0.395 e. The summed E-state index contributed by atoms with van der Waals surface area (Å²) >= 11 is 0. The molecule has 2 rings (SSSR count). The Bertz CT molecular complexity index is 568. The second-order valence-corrected chi connectivity index (χ2v) is 5.62. The van der Waals surface area contributed by atoms with Gasteiger partial charge in [-0.05, 0) is 43.0 Å². The third-order valence-corrected chi connectivity index (χ3v) is 4.08. The van der Waals surface area contributed by atoms with Crippen LogP contribution < -0.4 is 0 Å². The van der Waals surface area contributed by atoms with Gasteiger partial charge in [0.05, 0.1) is 6.61 Å². The zero-order valence-electron chi connectivity index (χ0n) is 12.9. The highest BCUT2D eigenvalue weighted by Crippen LogP contribution is 2.21. The van der Waals surface area contributed by atoms with Crippen molar-refractivity contribution in [2.75, 3.05) is 19.7 Å². The molecule has 1 unspecified atom stereocenters. The van der Waals surface area contributed by atoms with E-state index in [1.165, 1.54) is 0 Å². The fourth-order valence-corrected chi connectivity index (χ4v) is 2.68. The fourth-order valence-electron chi connectivity index (χ4n) is 2.68. The molecule has 1 saturated heterocycles. The minimum absolute atomic E-state index is 0.0795. The van der Waals surface area contributed by atoms with Crippen molar-refractivity contribution in [3.05, 3.63) is 34.9 Å². The molecule has 1 aromatic carbocycles. The number of likely N-dealkylation sites (tertiary alicyclic amines) is 1. The van der Waals surface area contributed by atoms with Crippen molar-refractivity contribution in [1.29, 1.82) is 0 Å². The number of carbonyl (C=O) groups excluding carboxylic acids is 1. The van der Waals surface area contributed by atoms with E-state index in [-0.39, 0.29) is 12.5 Å². The van der Waals surface area contributed by atoms with Gasteiger partial charge in [-0.25, -0.2) is 0 Å². The van der Waals surface area contributed by atoms with Crippen LogP contribution in [0.25, 0.3) is 0 Å². The van der Waals surface area contributed by atoms with E-state index in [9.17, 15) is 4.79 Å². The Morgan fingerprint density at radius 3 is 2.90 bits per heavy atom. The lowest BCUT2D eigenvalue weighted by atomic mass is 10.0. The van der Waals surface area contributed by atoms with Crippen molar-refractivity contribution < 1.29 is 9.90 Å². The normalized spacial score (nSPS) is 17.5. The van der Waals surface area contributed by atoms with E-state index in [0.717, 1.165) is 42.6 Å². The molecule has 0 saturated carbocycles. The smallest absolute Gasteiger partial charge is 0.253 e. The van der Waals surface area contributed by atoms with Crippen LogP contribution in [0.1, 0.15) is 47.7 Å². The Hall–Kier alpha value is -1.79. The molecular weight excluding hydrogens is 262 g/mol. The van der Waals surface area contributed by atoms with Gasteiger partial charge in [0, 0.05) is 30.6 Å². The van der Waals surface area contributed by atoms with Crippen molar-refractivity contribution in [2.24, 2.45) is 5.92 Å². The summed E-state index contributed by atoms with van der Waals surface area (Å²) in [5, 5.41) is 8.74. The van der Waals surface area contributed by atoms with Gasteiger partial charge >= 0.3 is 0 Å². The highest BCUT2D eigenvalue weighted by Gasteiger charge is 2.25. The average molecular weight is 285 g/mol. The second kappa shape index (κ2) is 7.28. The number of nitrogens with zero attached hydrogens (tertiary/aromatic N) is 1. The SMILES string of the molecule is CCC1CCN(C(=O)c2ccc(C#CCCO)c(C)c2)C1. The summed E-state index contributed by atoms with van der Waals surface area (Å²) < 4.78 is 0. The molecule has 0 spiro atoms. The molecule has 1 fully saturated rings. The number of hydrogen-bond donors (Lipinski definition) is 1. The van der Waals surface area contributed by atoms with Crippen LogP contribution in [0.5, 0.6) is 0 Å². The highest BCUT2D eigenvalue weighted by molar-refractivity contribution is 5.94. The highest BCUT2D eigenvalue weighted by atomic mass is 16.2. The van der Waals surface area contributed by atoms with E-state index in [1.807, 2.05) is 30.0 Å². The van der Waals surface area contributed by atoms with Crippen molar-refractivity contribution >= 4 is 5.91 Å². The molecule has 0 aliphatic carbocycles. The Balaban J connectivity index is 2.10. The number of aryl methyl sites for hydroxylation is 1. The number of aliphatic hydroxyl groups excluding tert-OH is 1. The van der Waals surface area contributed by atoms with Crippen molar-refractivity contribution in [2.45, 2.75) is 33.1 Å². The minimum atomic E-state index is 0.0795. The molecule has 1 aliphatic rings. The quantitative estimate of drug-likeness (QED) is 0.867. The lowest BCUT2D eigenvalue weighted by Gasteiger charge is -2.16. The van der Waals surface area contributed by atoms with Gasteiger partial charge in [0.25, 0.3) is 5.91 Å². The van der Waals surface area contributed by atoms with E-state index < -0.39 is 0 Å². The molecule has 3 nitrogen and oxygen atoms in total. The van der Waals surface area contributed by atoms with Crippen LogP contribution in [0, 0.1) is 24.7 Å². The number of hydrogen-bond acceptors (Lipinski definition) is 2. The third-order valence-electron chi connectivity index (χ3n) is 4.08. The molecule has 1 aliphatic heterocycles. The number of benzene rings is 1. The molecule has 1 atom stereocenters. The number of carbonyl (C=O) groups is 1. The standard InChI is InChI=1S/C18H23NO2/c1-3-15-9-10-19(13-15)18(21)17-8-7-16(14(2)12-17)6-4-5-11-20/h7-8,12,15,20H,3,5,9-11,13H2,1-2H3. The summed E-state index contributed by atoms with van der Waals surface area (Å²) in [4.78, 5) is 14.4. The average Bonchev–Trinajstić information content (AvgIpc) is 2.97. The van der Waals surface area contributed by atoms with E-state index in [1.54, 1.807) is 0 Å². The van der Waals surface area contributed by atoms with E-state index in [0.29, 0.717) is 12.3 Å². The van der Waals surface area contributed by atoms with Gasteiger partial charge in [0.1, 0.15) is 0 Å². The Morgan fingerprint density at radius 1 is 1.48 bits per heavy atom. The summed E-state index contributed by atoms with van der Waals surface area (Å²) in [6.45, 7) is 5.98. The molecule has 1 amide bonds. The second-order valence-electron chi connectivity index (χ2n) is 5.62. The Labute approximate surface area is 127 Å². The van der Waals surface area contributed by atoms with Gasteiger partial charge in [-0.2, -0.15) is 0 Å². The van der Waals surface area contributed by atoms with Crippen LogP contribution in [0.2, 0.25) is 0 Å². The number of aliphatic hydroxyl groups is 1. The molecule has 1 N–H and O–H groups in total. The van der Waals surface area contributed by atoms with Crippen molar-refractivity contribution in [3.63, 3.8) is 0 Å². The molecule has 0 bridgehead atoms. The first-order valence-corrected chi connectivity index (χ1v) is 7.65. The predicted molar refractivity (Wildman–Crippen MR) is 84.1 cm³/mol. The Kier molecular flexibility index (Phi) is 5.41. The van der Waals surface area contributed by atoms with Crippen LogP contribution in [-0.4, -0.2) is 35.6 Å². The molecule has 0 aromatic heterocycles. The zero-order valence-corrected chi connectivity index (χ0v) is 12.9. The molecule has 21 heavy (non-hydrogen) atoms. The van der Waals surface area contributed by atoms with Gasteiger partial charge in [-0.3, -0.25) is 4.79 Å². The van der Waals surface area contributed by atoms with Crippen LogP contribution in [0.4, 0.5) is 0 Å². The predicted octanol–water partition coefficient (Wildman–Crippen LogP) is 2.60. The Morgan fingerprint density at radius 2 is 2.29 bits per heavy atom. The van der Waals surface area contributed by atoms with Crippen LogP contribution in [-0.2, 0) is 0 Å². The monoisotopic (exact) mass is 285 g/mol. The number of rotatable bonds is 3. The summed E-state index contributed by atoms with van der Waals surface area (Å²) in [5.41, 5.74) is 2.68. The summed E-state index contributed by atoms with van der Waals surface area (Å²) in [6, 6.07) is 5.68. The molecule has 1 aromatic rings. The first-order valence-electron chi connectivity index (χ1n) is 7.65. The van der Waals surface area contributed by atoms with Crippen molar-refractivity contribution in [1.82, 2.24) is 4.90 Å². The third kappa shape index (κ3) is 3.86. The van der Waals surface area contributed by atoms with Crippen LogP contribution >= 0.6 is 0 Å². The van der Waals surface area contributed by atoms with Gasteiger partial charge in [0.2, 0.25) is 0 Å². The summed E-state index contributed by atoms with van der Waals surface area (Å²) in [5.74, 6) is 6.73. The summed E-state index contributed by atoms with van der Waals surface area (Å²) in [7, 11) is 0. The zero-order chi connectivity index (χ0) is 15.2. The van der Waals surface area contributed by atoms with Gasteiger partial charge in [-0.15, -0.1) is 0 Å². The molecule has 112 valence electrons. The van der Waals surface area contributed by atoms with Crippen molar-refractivity contribution in [3.8, 4) is 11.8 Å². The van der Waals surface area contributed by atoms with Gasteiger partial charge < -0.3 is 10.0 Å².